The third-order valence-corrected chi connectivity index (χ3v) is 4.60. The highest BCUT2D eigenvalue weighted by molar-refractivity contribution is 5.94. The normalized spacial score (nSPS) is 10.7. The van der Waals surface area contributed by atoms with Gasteiger partial charge in [-0.2, -0.15) is 5.10 Å². The minimum Gasteiger partial charge on any atom is -0.350 e. The second kappa shape index (κ2) is 8.48. The molecule has 2 aromatic heterocycles. The van der Waals surface area contributed by atoms with Crippen LogP contribution in [0.2, 0.25) is 0 Å². The first-order valence-corrected chi connectivity index (χ1v) is 9.28. The van der Waals surface area contributed by atoms with Gasteiger partial charge in [-0.15, -0.1) is 0 Å². The van der Waals surface area contributed by atoms with Crippen molar-refractivity contribution in [1.29, 1.82) is 0 Å². The predicted molar refractivity (Wildman–Crippen MR) is 110 cm³/mol. The maximum atomic E-state index is 14.6. The van der Waals surface area contributed by atoms with E-state index >= 15 is 0 Å². The van der Waals surface area contributed by atoms with E-state index in [1.807, 2.05) is 30.3 Å². The lowest BCUT2D eigenvalue weighted by atomic mass is 10.0. The molecule has 5 nitrogen and oxygen atoms in total. The van der Waals surface area contributed by atoms with Crippen LogP contribution in [0.4, 0.5) is 4.39 Å². The molecule has 4 aromatic rings. The molecule has 2 heterocycles. The Labute approximate surface area is 167 Å². The molecule has 4 rings (SSSR count). The van der Waals surface area contributed by atoms with Crippen LogP contribution in [0.3, 0.4) is 0 Å². The fraction of sp³-hybridized carbons (Fsp3) is 0.0870. The summed E-state index contributed by atoms with van der Waals surface area (Å²) in [5, 5.41) is 7.34. The first kappa shape index (κ1) is 18.6. The van der Waals surface area contributed by atoms with E-state index in [0.29, 0.717) is 29.9 Å². The van der Waals surface area contributed by atoms with E-state index in [4.69, 9.17) is 0 Å². The number of nitrogens with one attached hydrogen (secondary N) is 1. The zero-order chi connectivity index (χ0) is 20.1. The minimum absolute atomic E-state index is 0.153. The summed E-state index contributed by atoms with van der Waals surface area (Å²) < 4.78 is 16.3. The van der Waals surface area contributed by atoms with E-state index in [9.17, 15) is 9.18 Å². The molecule has 144 valence electrons. The van der Waals surface area contributed by atoms with Gasteiger partial charge in [-0.05, 0) is 42.0 Å². The number of carbonyl (C=O) groups excluding carboxylic acids is 1. The summed E-state index contributed by atoms with van der Waals surface area (Å²) in [6.45, 7) is 0.778. The number of pyridine rings is 1. The molecule has 1 amide bonds. The molecule has 0 saturated heterocycles. The van der Waals surface area contributed by atoms with Gasteiger partial charge in [0.1, 0.15) is 5.82 Å². The number of rotatable bonds is 6. The van der Waals surface area contributed by atoms with Crippen molar-refractivity contribution >= 4 is 5.91 Å². The second-order valence-corrected chi connectivity index (χ2v) is 6.47. The van der Waals surface area contributed by atoms with Crippen molar-refractivity contribution < 1.29 is 9.18 Å². The first-order valence-electron chi connectivity index (χ1n) is 9.28. The topological polar surface area (TPSA) is 59.8 Å². The van der Waals surface area contributed by atoms with Crippen LogP contribution in [0.5, 0.6) is 0 Å². The predicted octanol–water partition coefficient (Wildman–Crippen LogP) is 4.18. The molecule has 0 spiro atoms. The molecule has 0 atom stereocenters. The summed E-state index contributed by atoms with van der Waals surface area (Å²) in [5.74, 6) is -0.475. The number of halogens is 1. The molecule has 0 bridgehead atoms. The molecule has 0 radical (unpaired) electrons. The molecule has 0 saturated carbocycles. The summed E-state index contributed by atoms with van der Waals surface area (Å²) in [7, 11) is 0. The third kappa shape index (κ3) is 4.06. The largest absolute Gasteiger partial charge is 0.350 e. The van der Waals surface area contributed by atoms with Crippen LogP contribution in [-0.2, 0) is 6.54 Å². The Bertz CT molecular complexity index is 1110. The Balaban J connectivity index is 1.61. The Morgan fingerprint density at radius 3 is 2.41 bits per heavy atom. The molecule has 0 aliphatic heterocycles. The number of carbonyl (C=O) groups is 1. The Morgan fingerprint density at radius 2 is 1.66 bits per heavy atom. The monoisotopic (exact) mass is 386 g/mol. The zero-order valence-corrected chi connectivity index (χ0v) is 15.6. The van der Waals surface area contributed by atoms with E-state index in [-0.39, 0.29) is 11.7 Å². The van der Waals surface area contributed by atoms with Crippen molar-refractivity contribution in [2.24, 2.45) is 0 Å². The van der Waals surface area contributed by atoms with E-state index in [1.165, 1.54) is 6.07 Å². The van der Waals surface area contributed by atoms with E-state index in [1.54, 1.807) is 53.6 Å². The third-order valence-electron chi connectivity index (χ3n) is 4.60. The highest BCUT2D eigenvalue weighted by Gasteiger charge is 2.17. The number of amides is 1. The molecular formula is C23H19FN4O. The summed E-state index contributed by atoms with van der Waals surface area (Å²) in [5.41, 5.74) is 3.44. The molecule has 0 unspecified atom stereocenters. The average molecular weight is 386 g/mol. The van der Waals surface area contributed by atoms with Crippen LogP contribution in [0.1, 0.15) is 10.4 Å². The van der Waals surface area contributed by atoms with Crippen molar-refractivity contribution in [3.05, 3.63) is 96.7 Å². The number of hydrogen-bond acceptors (Lipinski definition) is 3. The number of benzene rings is 2. The number of nitrogens with zero attached hydrogens (tertiary/aromatic N) is 3. The zero-order valence-electron chi connectivity index (χ0n) is 15.6. The Kier molecular flexibility index (Phi) is 5.42. The van der Waals surface area contributed by atoms with Crippen molar-refractivity contribution in [3.8, 4) is 22.4 Å². The molecule has 0 aliphatic rings. The smallest absolute Gasteiger partial charge is 0.251 e. The van der Waals surface area contributed by atoms with Gasteiger partial charge < -0.3 is 5.32 Å². The van der Waals surface area contributed by atoms with Gasteiger partial charge in [-0.25, -0.2) is 4.39 Å². The van der Waals surface area contributed by atoms with Crippen LogP contribution >= 0.6 is 0 Å². The fourth-order valence-corrected chi connectivity index (χ4v) is 3.20. The van der Waals surface area contributed by atoms with Gasteiger partial charge in [0.15, 0.2) is 0 Å². The van der Waals surface area contributed by atoms with E-state index in [2.05, 4.69) is 15.4 Å². The van der Waals surface area contributed by atoms with E-state index in [0.717, 1.165) is 11.1 Å². The van der Waals surface area contributed by atoms with Crippen LogP contribution in [-0.4, -0.2) is 27.2 Å². The van der Waals surface area contributed by atoms with Crippen LogP contribution in [0.15, 0.2) is 85.3 Å². The van der Waals surface area contributed by atoms with Gasteiger partial charge in [0.2, 0.25) is 0 Å². The standard InChI is InChI=1S/C23H19FN4O/c24-21-9-5-4-8-19(21)22-20(17-10-12-25-13-11-17)16-27-28(22)15-14-26-23(29)18-6-2-1-3-7-18/h1-13,16H,14-15H2,(H,26,29). The maximum Gasteiger partial charge on any atom is 0.251 e. The summed E-state index contributed by atoms with van der Waals surface area (Å²) in [4.78, 5) is 16.3. The molecule has 0 fully saturated rings. The first-order chi connectivity index (χ1) is 14.2. The van der Waals surface area contributed by atoms with Crippen LogP contribution in [0, 0.1) is 5.82 Å². The SMILES string of the molecule is O=C(NCCn1ncc(-c2ccncc2)c1-c1ccccc1F)c1ccccc1. The lowest BCUT2D eigenvalue weighted by Crippen LogP contribution is -2.27. The number of aromatic nitrogens is 3. The van der Waals surface area contributed by atoms with Gasteiger partial charge in [0.25, 0.3) is 5.91 Å². The lowest BCUT2D eigenvalue weighted by molar-refractivity contribution is 0.0952. The van der Waals surface area contributed by atoms with Crippen molar-refractivity contribution in [1.82, 2.24) is 20.1 Å². The molecular weight excluding hydrogens is 367 g/mol. The van der Waals surface area contributed by atoms with E-state index < -0.39 is 0 Å². The van der Waals surface area contributed by atoms with Gasteiger partial charge in [0.05, 0.1) is 18.4 Å². The highest BCUT2D eigenvalue weighted by atomic mass is 19.1. The van der Waals surface area contributed by atoms with Gasteiger partial charge in [-0.1, -0.05) is 30.3 Å². The van der Waals surface area contributed by atoms with Crippen molar-refractivity contribution in [3.63, 3.8) is 0 Å². The molecule has 6 heteroatoms. The Hall–Kier alpha value is -3.80. The maximum absolute atomic E-state index is 14.6. The summed E-state index contributed by atoms with van der Waals surface area (Å²) >= 11 is 0. The van der Waals surface area contributed by atoms with Crippen LogP contribution < -0.4 is 5.32 Å². The average Bonchev–Trinajstić information content (AvgIpc) is 3.19. The molecule has 0 aliphatic carbocycles. The Morgan fingerprint density at radius 1 is 0.931 bits per heavy atom. The van der Waals surface area contributed by atoms with Crippen molar-refractivity contribution in [2.75, 3.05) is 6.54 Å². The van der Waals surface area contributed by atoms with Gasteiger partial charge in [-0.3, -0.25) is 14.5 Å². The van der Waals surface area contributed by atoms with Gasteiger partial charge in [0, 0.05) is 35.6 Å². The summed E-state index contributed by atoms with van der Waals surface area (Å²) in [6.07, 6.45) is 5.10. The molecule has 29 heavy (non-hydrogen) atoms. The highest BCUT2D eigenvalue weighted by Crippen LogP contribution is 2.33. The quantitative estimate of drug-likeness (QED) is 0.541. The minimum atomic E-state index is -0.321. The fourth-order valence-electron chi connectivity index (χ4n) is 3.20. The number of hydrogen-bond donors (Lipinski definition) is 1. The lowest BCUT2D eigenvalue weighted by Gasteiger charge is -2.12. The summed E-state index contributed by atoms with van der Waals surface area (Å²) in [6, 6.07) is 19.4. The van der Waals surface area contributed by atoms with Crippen LogP contribution in [0.25, 0.3) is 22.4 Å². The van der Waals surface area contributed by atoms with Gasteiger partial charge >= 0.3 is 0 Å². The second-order valence-electron chi connectivity index (χ2n) is 6.47. The molecule has 2 aromatic carbocycles. The molecule has 1 N–H and O–H groups in total. The van der Waals surface area contributed by atoms with Crippen molar-refractivity contribution in [2.45, 2.75) is 6.54 Å².